The smallest absolute Gasteiger partial charge is 0.457 e. The van der Waals surface area contributed by atoms with E-state index in [2.05, 4.69) is 98.9 Å². The molecule has 2 atom stereocenters. The average molecular weight is 735 g/mol. The number of phosphoric ester groups is 1. The van der Waals surface area contributed by atoms with Gasteiger partial charge in [0.15, 0.2) is 0 Å². The second kappa shape index (κ2) is 34.7. The van der Waals surface area contributed by atoms with Gasteiger partial charge in [0.1, 0.15) is 19.3 Å². The van der Waals surface area contributed by atoms with Gasteiger partial charge in [-0.3, -0.25) is 13.8 Å². The molecule has 1 N–H and O–H groups in total. The van der Waals surface area contributed by atoms with E-state index in [1.807, 2.05) is 21.1 Å². The molecule has 0 spiro atoms. The Labute approximate surface area is 312 Å². The van der Waals surface area contributed by atoms with Gasteiger partial charge in [-0.05, 0) is 83.5 Å². The molecular formula is C42H73NO7P+. The number of likely N-dealkylation sites (N-methyl/N-ethyl adjacent to an activating group) is 1. The zero-order chi connectivity index (χ0) is 37.7. The summed E-state index contributed by atoms with van der Waals surface area (Å²) >= 11 is 0. The molecule has 0 aromatic carbocycles. The SMILES string of the molecule is CC/C=C\C/C=C\C/C=C\C/C=C\CCCCCOCC(COP(=O)(O)OCC[N+](C)(C)C)OC(=O)CCCCC/C=C\C/C=C\C/C=C\CC. The van der Waals surface area contributed by atoms with Gasteiger partial charge >= 0.3 is 13.8 Å². The number of carbonyl (C=O) groups is 1. The minimum atomic E-state index is -4.29. The maximum Gasteiger partial charge on any atom is 0.472 e. The first-order valence-corrected chi connectivity index (χ1v) is 20.8. The first-order chi connectivity index (χ1) is 24.6. The summed E-state index contributed by atoms with van der Waals surface area (Å²) in [4.78, 5) is 22.8. The van der Waals surface area contributed by atoms with Gasteiger partial charge in [-0.1, -0.05) is 112 Å². The van der Waals surface area contributed by atoms with Gasteiger partial charge in [0, 0.05) is 13.0 Å². The number of unbranched alkanes of at least 4 members (excludes halogenated alkanes) is 6. The van der Waals surface area contributed by atoms with E-state index >= 15 is 0 Å². The molecule has 0 saturated heterocycles. The molecule has 0 aliphatic rings. The highest BCUT2D eigenvalue weighted by molar-refractivity contribution is 7.47. The summed E-state index contributed by atoms with van der Waals surface area (Å²) in [6, 6.07) is 0. The van der Waals surface area contributed by atoms with Crippen molar-refractivity contribution < 1.29 is 37.3 Å². The largest absolute Gasteiger partial charge is 0.472 e. The maximum absolute atomic E-state index is 12.6. The normalized spacial score (nSPS) is 14.9. The van der Waals surface area contributed by atoms with Crippen LogP contribution in [-0.2, 0) is 27.9 Å². The van der Waals surface area contributed by atoms with Crippen LogP contribution in [0, 0.1) is 0 Å². The van der Waals surface area contributed by atoms with Crippen molar-refractivity contribution in [1.82, 2.24) is 0 Å². The lowest BCUT2D eigenvalue weighted by molar-refractivity contribution is -0.870. The third kappa shape index (κ3) is 38.7. The van der Waals surface area contributed by atoms with E-state index in [1.54, 1.807) is 0 Å². The molecule has 0 saturated carbocycles. The minimum Gasteiger partial charge on any atom is -0.457 e. The fourth-order valence-electron chi connectivity index (χ4n) is 4.50. The number of quaternary nitrogens is 1. The second-order valence-corrected chi connectivity index (χ2v) is 15.0. The number of hydrogen-bond donors (Lipinski definition) is 1. The minimum absolute atomic E-state index is 0.0711. The lowest BCUT2D eigenvalue weighted by Crippen LogP contribution is -2.37. The van der Waals surface area contributed by atoms with Crippen LogP contribution in [0.2, 0.25) is 0 Å². The van der Waals surface area contributed by atoms with E-state index in [0.717, 1.165) is 96.3 Å². The number of esters is 1. The summed E-state index contributed by atoms with van der Waals surface area (Å²) < 4.78 is 34.8. The fraction of sp³-hybridized carbons (Fsp3) is 0.643. The third-order valence-electron chi connectivity index (χ3n) is 7.45. The van der Waals surface area contributed by atoms with Crippen LogP contribution in [0.4, 0.5) is 0 Å². The molecule has 9 heteroatoms. The Morgan fingerprint density at radius 2 is 1.08 bits per heavy atom. The van der Waals surface area contributed by atoms with Crippen LogP contribution < -0.4 is 0 Å². The van der Waals surface area contributed by atoms with Crippen LogP contribution >= 0.6 is 7.82 Å². The highest BCUT2D eigenvalue weighted by Gasteiger charge is 2.26. The van der Waals surface area contributed by atoms with Crippen molar-refractivity contribution in [3.63, 3.8) is 0 Å². The highest BCUT2D eigenvalue weighted by atomic mass is 31.2. The molecule has 51 heavy (non-hydrogen) atoms. The summed E-state index contributed by atoms with van der Waals surface area (Å²) in [5, 5.41) is 0. The Kier molecular flexibility index (Phi) is 33.2. The highest BCUT2D eigenvalue weighted by Crippen LogP contribution is 2.43. The predicted molar refractivity (Wildman–Crippen MR) is 215 cm³/mol. The lowest BCUT2D eigenvalue weighted by atomic mass is 10.1. The molecule has 0 rings (SSSR count). The van der Waals surface area contributed by atoms with E-state index in [-0.39, 0.29) is 32.2 Å². The maximum atomic E-state index is 12.6. The van der Waals surface area contributed by atoms with E-state index in [0.29, 0.717) is 17.6 Å². The van der Waals surface area contributed by atoms with Crippen molar-refractivity contribution in [1.29, 1.82) is 0 Å². The molecule has 0 aliphatic carbocycles. The van der Waals surface area contributed by atoms with E-state index in [4.69, 9.17) is 18.5 Å². The van der Waals surface area contributed by atoms with E-state index in [1.165, 1.54) is 0 Å². The van der Waals surface area contributed by atoms with Gasteiger partial charge in [-0.15, -0.1) is 0 Å². The fourth-order valence-corrected chi connectivity index (χ4v) is 5.24. The predicted octanol–water partition coefficient (Wildman–Crippen LogP) is 10.9. The first kappa shape index (κ1) is 48.7. The van der Waals surface area contributed by atoms with Crippen LogP contribution in [0.25, 0.3) is 0 Å². The van der Waals surface area contributed by atoms with Gasteiger partial charge < -0.3 is 18.9 Å². The van der Waals surface area contributed by atoms with Gasteiger partial charge in [0.05, 0.1) is 34.4 Å². The van der Waals surface area contributed by atoms with Gasteiger partial charge in [0.25, 0.3) is 0 Å². The lowest BCUT2D eigenvalue weighted by Gasteiger charge is -2.24. The molecular weight excluding hydrogens is 661 g/mol. The van der Waals surface area contributed by atoms with Gasteiger partial charge in [0.2, 0.25) is 0 Å². The third-order valence-corrected chi connectivity index (χ3v) is 8.44. The Balaban J connectivity index is 4.43. The van der Waals surface area contributed by atoms with Crippen LogP contribution in [0.3, 0.4) is 0 Å². The number of phosphoric acid groups is 1. The van der Waals surface area contributed by atoms with Crippen molar-refractivity contribution in [2.45, 2.75) is 123 Å². The molecule has 0 radical (unpaired) electrons. The summed E-state index contributed by atoms with van der Waals surface area (Å²) in [6.45, 7) is 5.22. The second-order valence-electron chi connectivity index (χ2n) is 13.5. The standard InChI is InChI=1S/C42H72NO7P/c1-6-8-10-12-14-16-18-20-21-22-24-26-28-30-32-34-37-47-39-41(40-49-51(45,46)48-38-36-43(3,4)5)50-42(44)35-33-31-29-27-25-23-19-17-15-13-11-9-7-2/h8-11,14-17,20-21,23-26,41H,6-7,12-13,18-19,22,27-40H2,1-5H3/p+1/b10-8-,11-9-,16-14-,17-15-,21-20-,25-23-,26-24-. The number of carbonyl (C=O) groups excluding carboxylic acids is 1. The molecule has 0 bridgehead atoms. The molecule has 0 heterocycles. The summed E-state index contributed by atoms with van der Waals surface area (Å²) in [5.74, 6) is -0.360. The summed E-state index contributed by atoms with van der Waals surface area (Å²) in [6.07, 6.45) is 44.8. The number of nitrogens with zero attached hydrogens (tertiary/aromatic N) is 1. The monoisotopic (exact) mass is 735 g/mol. The molecule has 292 valence electrons. The van der Waals surface area contributed by atoms with Crippen LogP contribution in [0.15, 0.2) is 85.1 Å². The Morgan fingerprint density at radius 3 is 1.57 bits per heavy atom. The van der Waals surface area contributed by atoms with Crippen molar-refractivity contribution in [2.24, 2.45) is 0 Å². The van der Waals surface area contributed by atoms with Crippen LogP contribution in [-0.4, -0.2) is 75.6 Å². The Bertz CT molecular complexity index is 1090. The zero-order valence-electron chi connectivity index (χ0n) is 32.8. The molecule has 0 amide bonds. The number of allylic oxidation sites excluding steroid dienone is 14. The molecule has 8 nitrogen and oxygen atoms in total. The first-order valence-electron chi connectivity index (χ1n) is 19.3. The zero-order valence-corrected chi connectivity index (χ0v) is 33.7. The van der Waals surface area contributed by atoms with Gasteiger partial charge in [-0.2, -0.15) is 0 Å². The summed E-state index contributed by atoms with van der Waals surface area (Å²) in [7, 11) is 1.61. The topological polar surface area (TPSA) is 91.3 Å². The average Bonchev–Trinajstić information content (AvgIpc) is 3.08. The molecule has 2 unspecified atom stereocenters. The molecule has 0 aliphatic heterocycles. The van der Waals surface area contributed by atoms with E-state index in [9.17, 15) is 14.3 Å². The van der Waals surface area contributed by atoms with Crippen molar-refractivity contribution in [3.8, 4) is 0 Å². The van der Waals surface area contributed by atoms with Crippen molar-refractivity contribution in [2.75, 3.05) is 54.1 Å². The molecule has 0 fully saturated rings. The summed E-state index contributed by atoms with van der Waals surface area (Å²) in [5.41, 5.74) is 0. The van der Waals surface area contributed by atoms with Gasteiger partial charge in [-0.25, -0.2) is 4.57 Å². The Hall–Kier alpha value is -2.32. The number of rotatable bonds is 34. The van der Waals surface area contributed by atoms with Crippen molar-refractivity contribution >= 4 is 13.8 Å². The number of hydrogen-bond acceptors (Lipinski definition) is 6. The van der Waals surface area contributed by atoms with Crippen LogP contribution in [0.1, 0.15) is 117 Å². The van der Waals surface area contributed by atoms with Crippen molar-refractivity contribution in [3.05, 3.63) is 85.1 Å². The quantitative estimate of drug-likeness (QED) is 0.0231. The Morgan fingerprint density at radius 1 is 0.608 bits per heavy atom. The van der Waals surface area contributed by atoms with Crippen LogP contribution in [0.5, 0.6) is 0 Å². The number of ether oxygens (including phenoxy) is 2. The van der Waals surface area contributed by atoms with E-state index < -0.39 is 13.9 Å². The molecule has 0 aromatic rings. The molecule has 0 aromatic heterocycles.